The fourth-order valence-electron chi connectivity index (χ4n) is 4.09. The standard InChI is InChI=1S/C26H21FN4O/c27-21-10-8-18(9-11-21)20-16-26(32)31(17-20)30-25(24-7-3-4-13-28-24)15-19-12-14-29-23-6-2-1-5-22(19)23/h1-14,20H,15-17H2/b30-25+. The van der Waals surface area contributed by atoms with Crippen molar-refractivity contribution in [2.45, 2.75) is 18.8 Å². The molecule has 2 aromatic heterocycles. The number of hydrogen-bond acceptors (Lipinski definition) is 4. The second kappa shape index (κ2) is 8.67. The Hall–Kier alpha value is -3.93. The molecule has 3 heterocycles. The summed E-state index contributed by atoms with van der Waals surface area (Å²) < 4.78 is 13.3. The zero-order chi connectivity index (χ0) is 21.9. The second-order valence-corrected chi connectivity index (χ2v) is 7.85. The number of pyridine rings is 2. The highest BCUT2D eigenvalue weighted by molar-refractivity contribution is 6.02. The summed E-state index contributed by atoms with van der Waals surface area (Å²) in [5, 5.41) is 7.35. The quantitative estimate of drug-likeness (QED) is 0.435. The molecule has 0 spiro atoms. The molecule has 5 nitrogen and oxygen atoms in total. The summed E-state index contributed by atoms with van der Waals surface area (Å²) in [6.07, 6.45) is 4.38. The lowest BCUT2D eigenvalue weighted by Crippen LogP contribution is -2.23. The van der Waals surface area contributed by atoms with Gasteiger partial charge in [0, 0.05) is 36.5 Å². The molecule has 1 atom stereocenters. The van der Waals surface area contributed by atoms with Gasteiger partial charge in [-0.25, -0.2) is 9.40 Å². The molecule has 2 aromatic carbocycles. The third kappa shape index (κ3) is 4.12. The first kappa shape index (κ1) is 20.0. The van der Waals surface area contributed by atoms with Gasteiger partial charge in [0.2, 0.25) is 5.91 Å². The molecule has 4 aromatic rings. The van der Waals surface area contributed by atoms with Gasteiger partial charge in [-0.2, -0.15) is 5.10 Å². The van der Waals surface area contributed by atoms with E-state index in [2.05, 4.69) is 9.97 Å². The Labute approximate surface area is 185 Å². The SMILES string of the molecule is O=C1CC(c2ccc(F)cc2)CN1/N=C(\Cc1ccnc2ccccc12)c1ccccn1. The molecule has 0 saturated carbocycles. The average molecular weight is 424 g/mol. The molecule has 1 saturated heterocycles. The Morgan fingerprint density at radius 3 is 2.59 bits per heavy atom. The number of rotatable bonds is 5. The zero-order valence-electron chi connectivity index (χ0n) is 17.4. The van der Waals surface area contributed by atoms with Crippen LogP contribution in [0.15, 0.2) is 90.3 Å². The number of benzene rings is 2. The topological polar surface area (TPSA) is 58.5 Å². The molecule has 5 rings (SSSR count). The molecule has 1 fully saturated rings. The normalized spacial score (nSPS) is 16.7. The Balaban J connectivity index is 1.48. The van der Waals surface area contributed by atoms with Crippen LogP contribution < -0.4 is 0 Å². The van der Waals surface area contributed by atoms with Gasteiger partial charge >= 0.3 is 0 Å². The number of para-hydroxylation sites is 1. The highest BCUT2D eigenvalue weighted by Gasteiger charge is 2.31. The smallest absolute Gasteiger partial charge is 0.243 e. The van der Waals surface area contributed by atoms with Gasteiger partial charge in [0.05, 0.1) is 23.5 Å². The van der Waals surface area contributed by atoms with Gasteiger partial charge in [0.25, 0.3) is 0 Å². The largest absolute Gasteiger partial charge is 0.273 e. The van der Waals surface area contributed by atoms with E-state index in [0.29, 0.717) is 19.4 Å². The molecule has 1 aliphatic rings. The summed E-state index contributed by atoms with van der Waals surface area (Å²) in [4.78, 5) is 21.7. The van der Waals surface area contributed by atoms with Crippen LogP contribution in [0.5, 0.6) is 0 Å². The van der Waals surface area contributed by atoms with Gasteiger partial charge in [0.15, 0.2) is 0 Å². The number of hydrogen-bond donors (Lipinski definition) is 0. The minimum absolute atomic E-state index is 0.0152. The fourth-order valence-corrected chi connectivity index (χ4v) is 4.09. The first-order chi connectivity index (χ1) is 15.7. The number of carbonyl (C=O) groups is 1. The van der Waals surface area contributed by atoms with Gasteiger partial charge in [0.1, 0.15) is 5.82 Å². The number of aromatic nitrogens is 2. The van der Waals surface area contributed by atoms with Crippen LogP contribution in [0.4, 0.5) is 4.39 Å². The van der Waals surface area contributed by atoms with Gasteiger partial charge in [-0.15, -0.1) is 0 Å². The molecule has 0 bridgehead atoms. The first-order valence-corrected chi connectivity index (χ1v) is 10.5. The van der Waals surface area contributed by atoms with E-state index >= 15 is 0 Å². The minimum atomic E-state index is -0.282. The van der Waals surface area contributed by atoms with E-state index in [4.69, 9.17) is 5.10 Å². The van der Waals surface area contributed by atoms with Crippen LogP contribution in [0, 0.1) is 5.82 Å². The van der Waals surface area contributed by atoms with Crippen molar-refractivity contribution in [2.24, 2.45) is 5.10 Å². The first-order valence-electron chi connectivity index (χ1n) is 10.5. The van der Waals surface area contributed by atoms with Crippen molar-refractivity contribution in [3.05, 3.63) is 108 Å². The molecule has 0 N–H and O–H groups in total. The predicted octanol–water partition coefficient (Wildman–Crippen LogP) is 4.73. The van der Waals surface area contributed by atoms with Gasteiger partial charge in [-0.3, -0.25) is 14.8 Å². The van der Waals surface area contributed by atoms with Crippen molar-refractivity contribution in [2.75, 3.05) is 6.54 Å². The summed E-state index contributed by atoms with van der Waals surface area (Å²) in [5.41, 5.74) is 4.37. The maximum absolute atomic E-state index is 13.3. The third-order valence-electron chi connectivity index (χ3n) is 5.74. The minimum Gasteiger partial charge on any atom is -0.273 e. The highest BCUT2D eigenvalue weighted by Crippen LogP contribution is 2.29. The number of hydrazone groups is 1. The van der Waals surface area contributed by atoms with E-state index in [0.717, 1.165) is 33.4 Å². The Kier molecular flexibility index (Phi) is 5.42. The van der Waals surface area contributed by atoms with Crippen molar-refractivity contribution in [3.63, 3.8) is 0 Å². The molecule has 1 amide bonds. The lowest BCUT2D eigenvalue weighted by molar-refractivity contribution is -0.127. The molecule has 0 aliphatic carbocycles. The van der Waals surface area contributed by atoms with Crippen molar-refractivity contribution < 1.29 is 9.18 Å². The third-order valence-corrected chi connectivity index (χ3v) is 5.74. The highest BCUT2D eigenvalue weighted by atomic mass is 19.1. The summed E-state index contributed by atoms with van der Waals surface area (Å²) in [5.74, 6) is -0.346. The van der Waals surface area contributed by atoms with Gasteiger partial charge < -0.3 is 0 Å². The van der Waals surface area contributed by atoms with E-state index in [1.54, 1.807) is 24.5 Å². The molecule has 1 aliphatic heterocycles. The molecule has 158 valence electrons. The maximum atomic E-state index is 13.3. The lowest BCUT2D eigenvalue weighted by Gasteiger charge is -2.15. The van der Waals surface area contributed by atoms with Crippen molar-refractivity contribution in [3.8, 4) is 0 Å². The number of halogens is 1. The Morgan fingerprint density at radius 2 is 1.78 bits per heavy atom. The van der Waals surface area contributed by atoms with Crippen LogP contribution >= 0.6 is 0 Å². The van der Waals surface area contributed by atoms with Crippen LogP contribution in [0.2, 0.25) is 0 Å². The summed E-state index contributed by atoms with van der Waals surface area (Å²) in [6, 6.07) is 22.0. The van der Waals surface area contributed by atoms with Crippen molar-refractivity contribution in [1.82, 2.24) is 15.0 Å². The molecular formula is C26H21FN4O. The molecular weight excluding hydrogens is 403 g/mol. The number of fused-ring (bicyclic) bond motifs is 1. The van der Waals surface area contributed by atoms with Gasteiger partial charge in [-0.1, -0.05) is 36.4 Å². The zero-order valence-corrected chi connectivity index (χ0v) is 17.4. The van der Waals surface area contributed by atoms with Crippen molar-refractivity contribution in [1.29, 1.82) is 0 Å². The van der Waals surface area contributed by atoms with Gasteiger partial charge in [-0.05, 0) is 47.5 Å². The Morgan fingerprint density at radius 1 is 0.969 bits per heavy atom. The van der Waals surface area contributed by atoms with E-state index in [9.17, 15) is 9.18 Å². The van der Waals surface area contributed by atoms with E-state index in [-0.39, 0.29) is 17.6 Å². The number of carbonyl (C=O) groups excluding carboxylic acids is 1. The van der Waals surface area contributed by atoms with Crippen LogP contribution in [0.25, 0.3) is 10.9 Å². The maximum Gasteiger partial charge on any atom is 0.243 e. The summed E-state index contributed by atoms with van der Waals surface area (Å²) >= 11 is 0. The lowest BCUT2D eigenvalue weighted by atomic mass is 9.98. The van der Waals surface area contributed by atoms with E-state index in [1.165, 1.54) is 17.1 Å². The van der Waals surface area contributed by atoms with E-state index in [1.807, 2.05) is 48.5 Å². The number of nitrogens with zero attached hydrogens (tertiary/aromatic N) is 4. The van der Waals surface area contributed by atoms with Crippen LogP contribution in [0.1, 0.15) is 29.2 Å². The van der Waals surface area contributed by atoms with E-state index < -0.39 is 0 Å². The van der Waals surface area contributed by atoms with Crippen molar-refractivity contribution >= 4 is 22.5 Å². The summed E-state index contributed by atoms with van der Waals surface area (Å²) in [7, 11) is 0. The molecule has 0 radical (unpaired) electrons. The average Bonchev–Trinajstić information content (AvgIpc) is 3.20. The number of amides is 1. The molecule has 6 heteroatoms. The second-order valence-electron chi connectivity index (χ2n) is 7.85. The predicted molar refractivity (Wildman–Crippen MR) is 122 cm³/mol. The molecule has 1 unspecified atom stereocenters. The monoisotopic (exact) mass is 424 g/mol. The fraction of sp³-hybridized carbons (Fsp3) is 0.154. The Bertz CT molecular complexity index is 1280. The van der Waals surface area contributed by atoms with Crippen LogP contribution in [0.3, 0.4) is 0 Å². The van der Waals surface area contributed by atoms with Crippen LogP contribution in [-0.2, 0) is 11.2 Å². The summed E-state index contributed by atoms with van der Waals surface area (Å²) in [6.45, 7) is 0.456. The van der Waals surface area contributed by atoms with Crippen LogP contribution in [-0.4, -0.2) is 33.1 Å². The molecule has 32 heavy (non-hydrogen) atoms.